The van der Waals surface area contributed by atoms with E-state index in [1.54, 1.807) is 0 Å². The van der Waals surface area contributed by atoms with Crippen LogP contribution in [0.2, 0.25) is 0 Å². The first-order chi connectivity index (χ1) is 28.2. The molecule has 0 saturated heterocycles. The van der Waals surface area contributed by atoms with Crippen LogP contribution in [0.25, 0.3) is 71.5 Å². The lowest BCUT2D eigenvalue weighted by Crippen LogP contribution is -2.18. The molecule has 0 fully saturated rings. The van der Waals surface area contributed by atoms with E-state index in [-0.39, 0.29) is 0 Å². The average molecular weight is 729 g/mol. The van der Waals surface area contributed by atoms with E-state index in [9.17, 15) is 0 Å². The molecule has 2 nitrogen and oxygen atoms in total. The SMILES string of the molecule is C1=CCCC(C2=CC=C(N(c3ccc(-c4ccc5c(c4)-c4ccccc4C5)cc3)c3ccc(-c4ccc5c(c4)c4cccc6c7ccccc7n5c64)cc3)CC2)=C1. The van der Waals surface area contributed by atoms with Gasteiger partial charge >= 0.3 is 0 Å². The van der Waals surface area contributed by atoms with E-state index in [1.165, 1.54) is 111 Å². The van der Waals surface area contributed by atoms with Crippen molar-refractivity contribution in [2.75, 3.05) is 4.90 Å². The van der Waals surface area contributed by atoms with Gasteiger partial charge in [0, 0.05) is 38.6 Å². The summed E-state index contributed by atoms with van der Waals surface area (Å²) in [5.41, 5.74) is 21.0. The Morgan fingerprint density at radius 2 is 1.09 bits per heavy atom. The lowest BCUT2D eigenvalue weighted by molar-refractivity contribution is 0.851. The van der Waals surface area contributed by atoms with E-state index in [4.69, 9.17) is 0 Å². The summed E-state index contributed by atoms with van der Waals surface area (Å²) in [5.74, 6) is 0. The van der Waals surface area contributed by atoms with Crippen molar-refractivity contribution in [3.05, 3.63) is 210 Å². The topological polar surface area (TPSA) is 7.65 Å². The molecular weight excluding hydrogens is 689 g/mol. The summed E-state index contributed by atoms with van der Waals surface area (Å²) >= 11 is 0. The largest absolute Gasteiger partial charge is 0.314 e. The van der Waals surface area contributed by atoms with Gasteiger partial charge in [0.2, 0.25) is 0 Å². The van der Waals surface area contributed by atoms with E-state index in [0.717, 1.165) is 32.1 Å². The number of fused-ring (bicyclic) bond motifs is 9. The van der Waals surface area contributed by atoms with E-state index in [1.807, 2.05) is 0 Å². The van der Waals surface area contributed by atoms with Crippen LogP contribution >= 0.6 is 0 Å². The van der Waals surface area contributed by atoms with Crippen molar-refractivity contribution in [3.63, 3.8) is 0 Å². The van der Waals surface area contributed by atoms with Crippen LogP contribution in [0.3, 0.4) is 0 Å². The number of anilines is 2. The molecule has 0 N–H and O–H groups in total. The summed E-state index contributed by atoms with van der Waals surface area (Å²) in [6, 6.07) is 56.8. The van der Waals surface area contributed by atoms with Crippen LogP contribution in [0, 0.1) is 0 Å². The van der Waals surface area contributed by atoms with Crippen LogP contribution in [0.5, 0.6) is 0 Å². The van der Waals surface area contributed by atoms with Gasteiger partial charge < -0.3 is 9.30 Å². The third-order valence-electron chi connectivity index (χ3n) is 12.8. The van der Waals surface area contributed by atoms with Crippen molar-refractivity contribution in [1.29, 1.82) is 0 Å². The van der Waals surface area contributed by atoms with Gasteiger partial charge in [-0.25, -0.2) is 0 Å². The fraction of sp³-hybridized carbons (Fsp3) is 0.0909. The Hall–Kier alpha value is -6.90. The van der Waals surface area contributed by atoms with Crippen molar-refractivity contribution in [3.8, 4) is 33.4 Å². The molecule has 0 unspecified atom stereocenters. The van der Waals surface area contributed by atoms with Gasteiger partial charge in [0.1, 0.15) is 0 Å². The lowest BCUT2D eigenvalue weighted by atomic mass is 9.90. The number of allylic oxidation sites excluding steroid dienone is 8. The quantitative estimate of drug-likeness (QED) is 0.165. The first-order valence-electron chi connectivity index (χ1n) is 20.4. The van der Waals surface area contributed by atoms with Crippen molar-refractivity contribution >= 4 is 49.5 Å². The highest BCUT2D eigenvalue weighted by molar-refractivity contribution is 6.23. The lowest BCUT2D eigenvalue weighted by Gasteiger charge is -2.30. The number of aromatic nitrogens is 1. The molecule has 9 aromatic rings. The minimum absolute atomic E-state index is 0.993. The Kier molecular flexibility index (Phi) is 7.28. The van der Waals surface area contributed by atoms with Crippen LogP contribution in [0.4, 0.5) is 11.4 Å². The molecule has 3 aliphatic carbocycles. The van der Waals surface area contributed by atoms with Gasteiger partial charge in [0.15, 0.2) is 0 Å². The molecule has 270 valence electrons. The van der Waals surface area contributed by atoms with Crippen molar-refractivity contribution in [1.82, 2.24) is 4.40 Å². The highest BCUT2D eigenvalue weighted by Crippen LogP contribution is 2.43. The minimum atomic E-state index is 0.993. The third-order valence-corrected chi connectivity index (χ3v) is 12.8. The van der Waals surface area contributed by atoms with Crippen LogP contribution < -0.4 is 4.90 Å². The van der Waals surface area contributed by atoms with Gasteiger partial charge in [0.25, 0.3) is 0 Å². The first-order valence-corrected chi connectivity index (χ1v) is 20.4. The monoisotopic (exact) mass is 728 g/mol. The summed E-state index contributed by atoms with van der Waals surface area (Å²) in [4.78, 5) is 2.47. The fourth-order valence-corrected chi connectivity index (χ4v) is 9.95. The molecule has 2 heterocycles. The van der Waals surface area contributed by atoms with Gasteiger partial charge in [-0.15, -0.1) is 0 Å². The highest BCUT2D eigenvalue weighted by atomic mass is 15.1. The van der Waals surface area contributed by atoms with E-state index in [2.05, 4.69) is 191 Å². The van der Waals surface area contributed by atoms with E-state index >= 15 is 0 Å². The number of hydrogen-bond acceptors (Lipinski definition) is 1. The predicted octanol–water partition coefficient (Wildman–Crippen LogP) is 14.8. The fourth-order valence-electron chi connectivity index (χ4n) is 9.95. The number of nitrogens with zero attached hydrogens (tertiary/aromatic N) is 2. The first kappa shape index (κ1) is 32.4. The summed E-state index contributed by atoms with van der Waals surface area (Å²) < 4.78 is 2.45. The maximum Gasteiger partial charge on any atom is 0.0620 e. The Morgan fingerprint density at radius 3 is 1.86 bits per heavy atom. The number of para-hydroxylation sites is 2. The van der Waals surface area contributed by atoms with Crippen molar-refractivity contribution < 1.29 is 0 Å². The van der Waals surface area contributed by atoms with Gasteiger partial charge in [-0.3, -0.25) is 0 Å². The number of benzene rings is 7. The summed E-state index contributed by atoms with van der Waals surface area (Å²) in [7, 11) is 0. The molecule has 3 aliphatic rings. The molecule has 0 bridgehead atoms. The molecule has 2 heteroatoms. The molecule has 0 aliphatic heterocycles. The van der Waals surface area contributed by atoms with Crippen LogP contribution in [-0.2, 0) is 6.42 Å². The van der Waals surface area contributed by atoms with Crippen molar-refractivity contribution in [2.24, 2.45) is 0 Å². The number of rotatable bonds is 6. The molecule has 57 heavy (non-hydrogen) atoms. The van der Waals surface area contributed by atoms with Gasteiger partial charge in [-0.05, 0) is 142 Å². The van der Waals surface area contributed by atoms with Crippen LogP contribution in [-0.4, -0.2) is 4.40 Å². The summed E-state index contributed by atoms with van der Waals surface area (Å²) in [6.07, 6.45) is 16.8. The maximum atomic E-state index is 2.47. The van der Waals surface area contributed by atoms with Gasteiger partial charge in [-0.1, -0.05) is 127 Å². The smallest absolute Gasteiger partial charge is 0.0620 e. The Labute approximate surface area is 333 Å². The van der Waals surface area contributed by atoms with Crippen molar-refractivity contribution in [2.45, 2.75) is 32.1 Å². The van der Waals surface area contributed by atoms with Gasteiger partial charge in [-0.2, -0.15) is 0 Å². The molecule has 2 aromatic heterocycles. The zero-order valence-electron chi connectivity index (χ0n) is 31.8. The second kappa shape index (κ2) is 12.8. The normalized spacial score (nSPS) is 14.9. The minimum Gasteiger partial charge on any atom is -0.314 e. The molecular formula is C55H40N2. The summed E-state index contributed by atoms with van der Waals surface area (Å²) in [6.45, 7) is 0. The zero-order chi connectivity index (χ0) is 37.5. The Bertz CT molecular complexity index is 3180. The number of hydrogen-bond donors (Lipinski definition) is 0. The highest BCUT2D eigenvalue weighted by Gasteiger charge is 2.22. The molecule has 7 aromatic carbocycles. The molecule has 0 saturated carbocycles. The van der Waals surface area contributed by atoms with Crippen LogP contribution in [0.15, 0.2) is 199 Å². The Balaban J connectivity index is 0.913. The second-order valence-electron chi connectivity index (χ2n) is 15.9. The molecule has 0 spiro atoms. The predicted molar refractivity (Wildman–Crippen MR) is 241 cm³/mol. The van der Waals surface area contributed by atoms with E-state index in [0.29, 0.717) is 0 Å². The third kappa shape index (κ3) is 5.17. The zero-order valence-corrected chi connectivity index (χ0v) is 31.8. The Morgan fingerprint density at radius 1 is 0.439 bits per heavy atom. The standard InChI is InChI=1S/C55H40N2/c1-2-9-36(10-3-1)37-19-26-44(27-20-37)56(45-28-21-38(22-29-45)40-17-18-43-33-42-11-4-5-12-47(42)51(43)34-40)46-30-23-39(24-31-46)41-25-32-54-52(35-41)50-15-8-14-49-48-13-6-7-16-53(48)57(54)55(49)50/h1-2,4-9,11-19,21-26,28-32,34-35H,3,10,20,27,33H2. The molecule has 0 amide bonds. The molecule has 0 radical (unpaired) electrons. The maximum absolute atomic E-state index is 2.47. The van der Waals surface area contributed by atoms with E-state index < -0.39 is 0 Å². The van der Waals surface area contributed by atoms with Crippen LogP contribution in [0.1, 0.15) is 36.8 Å². The molecule has 0 atom stereocenters. The summed E-state index contributed by atoms with van der Waals surface area (Å²) in [5, 5.41) is 5.25. The van der Waals surface area contributed by atoms with Gasteiger partial charge in [0.05, 0.1) is 16.6 Å². The molecule has 12 rings (SSSR count). The second-order valence-corrected chi connectivity index (χ2v) is 15.9. The average Bonchev–Trinajstić information content (AvgIpc) is 3.94.